The SMILES string of the molecule is CCCCCCCCCCCCCCCCCC(=O)CCCN(CC)c1cc(OC)c(-c2c3ccc(=[N+](C)C)cc-3oc3cc(N(C)C)ccc23)cc1N(C)C.CCCCCCCCCCCCCCCCN.CCN(CCCC(=O)ON1C(=O)CCC1=O)c1cc(OC)c(-c2c3ccc(=[N+](C)C)cc-3oc3cc(N(C)C)ccc23)cc1N(C)C.[Cl-].[Cl-]. The van der Waals surface area contributed by atoms with Crippen LogP contribution in [0.3, 0.4) is 0 Å². The number of hydrogen-bond acceptors (Lipinski definition) is 16. The number of Topliss-reactive ketones (excluding diaryl/α,β-unsaturated/α-hetero) is 1. The topological polar surface area (TPSA) is 177 Å². The van der Waals surface area contributed by atoms with E-state index in [9.17, 15) is 19.2 Å². The minimum atomic E-state index is -0.603. The summed E-state index contributed by atoms with van der Waals surface area (Å²) in [6.07, 6.45) is 42.9. The Morgan fingerprint density at radius 1 is 0.402 bits per heavy atom. The summed E-state index contributed by atoms with van der Waals surface area (Å²) in [4.78, 5) is 67.2. The molecule has 4 aromatic carbocycles. The van der Waals surface area contributed by atoms with Gasteiger partial charge in [0.15, 0.2) is 0 Å². The van der Waals surface area contributed by atoms with Crippen molar-refractivity contribution in [3.05, 3.63) is 108 Å². The van der Waals surface area contributed by atoms with Crippen LogP contribution < -0.4 is 89.3 Å². The maximum Gasteiger partial charge on any atom is 0.333 e. The molecule has 2 aliphatic carbocycles. The Morgan fingerprint density at radius 3 is 1.07 bits per heavy atom. The van der Waals surface area contributed by atoms with Gasteiger partial charge < -0.3 is 83.1 Å². The summed E-state index contributed by atoms with van der Waals surface area (Å²) in [6, 6.07) is 34.1. The molecule has 3 aliphatic heterocycles. The summed E-state index contributed by atoms with van der Waals surface area (Å²) in [5.74, 6) is 1.96. The number of methoxy groups -OCH3 is 2. The summed E-state index contributed by atoms with van der Waals surface area (Å²) in [5, 5.41) is 4.72. The molecule has 1 saturated heterocycles. The van der Waals surface area contributed by atoms with Gasteiger partial charge in [-0.05, 0) is 94.6 Å². The van der Waals surface area contributed by atoms with E-state index in [4.69, 9.17) is 28.9 Å². The molecule has 0 saturated carbocycles. The lowest BCUT2D eigenvalue weighted by Gasteiger charge is -2.30. The van der Waals surface area contributed by atoms with Crippen LogP contribution in [0.2, 0.25) is 0 Å². The Balaban J connectivity index is 0.000000363. The average molecular weight is 1720 g/mol. The fourth-order valence-corrected chi connectivity index (χ4v) is 16.2. The van der Waals surface area contributed by atoms with Gasteiger partial charge in [-0.25, -0.2) is 13.9 Å². The first-order valence-electron chi connectivity index (χ1n) is 45.9. The number of hydrogen-bond donors (Lipinski definition) is 1. The van der Waals surface area contributed by atoms with Crippen molar-refractivity contribution in [1.82, 2.24) is 14.2 Å². The smallest absolute Gasteiger partial charge is 0.333 e. The first kappa shape index (κ1) is 104. The normalized spacial score (nSPS) is 11.7. The van der Waals surface area contributed by atoms with E-state index in [1.165, 1.54) is 180 Å². The van der Waals surface area contributed by atoms with Crippen molar-refractivity contribution in [2.75, 3.05) is 161 Å². The molecule has 5 aliphatic rings. The largest absolute Gasteiger partial charge is 1.00 e. The summed E-state index contributed by atoms with van der Waals surface area (Å²) in [7, 11) is 27.9. The third-order valence-electron chi connectivity index (χ3n) is 23.5. The molecule has 21 heteroatoms. The molecule has 3 heterocycles. The molecule has 4 aromatic rings. The highest BCUT2D eigenvalue weighted by Gasteiger charge is 2.33. The monoisotopic (exact) mass is 1720 g/mol. The van der Waals surface area contributed by atoms with E-state index in [0.717, 1.165) is 150 Å². The van der Waals surface area contributed by atoms with E-state index in [-0.39, 0.29) is 44.1 Å². The molecule has 676 valence electrons. The van der Waals surface area contributed by atoms with Crippen LogP contribution in [0.15, 0.2) is 106 Å². The molecule has 0 unspecified atom stereocenters. The number of carbonyl (C=O) groups excluding carboxylic acids is 4. The van der Waals surface area contributed by atoms with E-state index < -0.39 is 17.8 Å². The van der Waals surface area contributed by atoms with Crippen LogP contribution in [-0.4, -0.2) is 160 Å². The van der Waals surface area contributed by atoms with Crippen LogP contribution in [0.1, 0.15) is 259 Å². The van der Waals surface area contributed by atoms with Gasteiger partial charge in [0.1, 0.15) is 68.2 Å². The Labute approximate surface area is 746 Å². The van der Waals surface area contributed by atoms with Crippen LogP contribution in [0.5, 0.6) is 11.5 Å². The molecule has 0 aromatic heterocycles. The van der Waals surface area contributed by atoms with Gasteiger partial charge in [-0.15, -0.1) is 5.06 Å². The Hall–Kier alpha value is -8.52. The molecule has 0 radical (unpaired) electrons. The van der Waals surface area contributed by atoms with Gasteiger partial charge in [-0.3, -0.25) is 14.4 Å². The third kappa shape index (κ3) is 31.6. The van der Waals surface area contributed by atoms with E-state index in [1.807, 2.05) is 42.3 Å². The number of halogens is 2. The highest BCUT2D eigenvalue weighted by molar-refractivity contribution is 6.07. The Morgan fingerprint density at radius 2 is 0.746 bits per heavy atom. The highest BCUT2D eigenvalue weighted by atomic mass is 35.5. The summed E-state index contributed by atoms with van der Waals surface area (Å²) in [5.41, 5.74) is 19.4. The van der Waals surface area contributed by atoms with Crippen molar-refractivity contribution in [3.8, 4) is 56.4 Å². The summed E-state index contributed by atoms with van der Waals surface area (Å²) >= 11 is 0. The van der Waals surface area contributed by atoms with Crippen LogP contribution in [0, 0.1) is 0 Å². The lowest BCUT2D eigenvalue weighted by molar-refractivity contribution is -0.197. The second kappa shape index (κ2) is 55.7. The molecule has 2 N–H and O–H groups in total. The fraction of sp³-hybridized carbons (Fsp3) is 0.584. The second-order valence-corrected chi connectivity index (χ2v) is 34.2. The number of rotatable bonds is 51. The fourth-order valence-electron chi connectivity index (χ4n) is 16.2. The molecule has 0 spiro atoms. The predicted octanol–water partition coefficient (Wildman–Crippen LogP) is 15.8. The van der Waals surface area contributed by atoms with Gasteiger partial charge in [0.2, 0.25) is 10.7 Å². The van der Waals surface area contributed by atoms with Crippen molar-refractivity contribution in [2.45, 2.75) is 259 Å². The van der Waals surface area contributed by atoms with Crippen LogP contribution in [0.25, 0.3) is 66.8 Å². The molecule has 9 rings (SSSR count). The maximum absolute atomic E-state index is 12.9. The first-order chi connectivity index (χ1) is 57.9. The van der Waals surface area contributed by atoms with Crippen LogP contribution in [0.4, 0.5) is 34.1 Å². The zero-order chi connectivity index (χ0) is 87.0. The first-order valence-corrected chi connectivity index (χ1v) is 45.9. The van der Waals surface area contributed by atoms with Gasteiger partial charge in [0.05, 0.1) is 49.1 Å². The summed E-state index contributed by atoms with van der Waals surface area (Å²) < 4.78 is 29.6. The van der Waals surface area contributed by atoms with Gasteiger partial charge in [-0.1, -0.05) is 187 Å². The molecule has 0 atom stereocenters. The number of anilines is 6. The average Bonchev–Trinajstić information content (AvgIpc) is 0.875. The van der Waals surface area contributed by atoms with Crippen LogP contribution in [-0.2, 0) is 24.0 Å². The lowest BCUT2D eigenvalue weighted by atomic mass is 9.92. The quantitative estimate of drug-likeness (QED) is 0.0165. The van der Waals surface area contributed by atoms with E-state index in [2.05, 4.69) is 206 Å². The minimum absolute atomic E-state index is 0. The van der Waals surface area contributed by atoms with Crippen molar-refractivity contribution in [2.24, 2.45) is 5.73 Å². The van der Waals surface area contributed by atoms with Gasteiger partial charge in [0, 0.05) is 207 Å². The lowest BCUT2D eigenvalue weighted by Crippen LogP contribution is -3.00. The van der Waals surface area contributed by atoms with Crippen molar-refractivity contribution >= 4 is 79.6 Å². The number of amides is 2. The van der Waals surface area contributed by atoms with Crippen molar-refractivity contribution in [3.63, 3.8) is 0 Å². The zero-order valence-electron chi connectivity index (χ0n) is 78.3. The van der Waals surface area contributed by atoms with Gasteiger partial charge in [0.25, 0.3) is 11.8 Å². The molecule has 122 heavy (non-hydrogen) atoms. The number of nitrogens with zero attached hydrogens (tertiary/aromatic N) is 9. The summed E-state index contributed by atoms with van der Waals surface area (Å²) in [6.45, 7) is 12.6. The predicted molar refractivity (Wildman–Crippen MR) is 507 cm³/mol. The number of nitrogens with two attached hydrogens (primary N) is 1. The number of ketones is 1. The number of carbonyl (C=O) groups is 4. The number of fused-ring (bicyclic) bond motifs is 4. The second-order valence-electron chi connectivity index (χ2n) is 34.2. The third-order valence-corrected chi connectivity index (χ3v) is 23.5. The molecule has 19 nitrogen and oxygen atoms in total. The Bertz CT molecular complexity index is 4530. The number of unbranched alkanes of at least 4 members (excludes halogenated alkanes) is 27. The minimum Gasteiger partial charge on any atom is -1.00 e. The van der Waals surface area contributed by atoms with Gasteiger partial charge >= 0.3 is 5.97 Å². The maximum atomic E-state index is 12.9. The van der Waals surface area contributed by atoms with E-state index in [1.54, 1.807) is 14.2 Å². The number of benzene rings is 6. The van der Waals surface area contributed by atoms with Crippen molar-refractivity contribution < 1.29 is 67.1 Å². The molecule has 2 amide bonds. The molecule has 1 fully saturated rings. The van der Waals surface area contributed by atoms with E-state index in [0.29, 0.717) is 48.9 Å². The zero-order valence-corrected chi connectivity index (χ0v) is 79.8. The Kier molecular flexibility index (Phi) is 47.5. The number of ether oxygens (including phenoxy) is 2. The standard InChI is InChI=1S/C49H75N4O3.C36H44N5O6.C16H35N.2ClH/c1-10-12-13-14-15-16-17-18-19-20-21-22-23-24-25-27-40(54)28-26-33-53(11-2)45-37-46(55-9)43(36-44(45)52(7)8)49-41-31-29-38(50(3)4)34-47(41)56-48-35-39(51(5)6)30-32-42(48)49;1-9-40(18-10-11-35(44)47-41-33(42)16-17-34(41)43)29-22-30(45-8)27(21-28(29)39(6)7)36-25-14-12-23(37(2)3)19-31(25)46-32-20-24(38(4)5)13-15-26(32)36;1-2-3-4-5-6-7-8-9-10-11-12-13-14-15-16-17;;/h29-32,34-37H,10-28,33H2,1-9H3;12-15,19-22H,9-11,16-18H2,1-8H3;2-17H2,1H3;2*1H/q2*+1;;;/p-2. The highest BCUT2D eigenvalue weighted by Crippen LogP contribution is 2.50. The van der Waals surface area contributed by atoms with Crippen molar-refractivity contribution in [1.29, 1.82) is 0 Å². The molecular formula is C101H154Cl2N10O9. The van der Waals surface area contributed by atoms with E-state index >= 15 is 0 Å². The molecule has 0 bridgehead atoms. The van der Waals surface area contributed by atoms with Gasteiger partial charge in [-0.2, -0.15) is 0 Å². The van der Waals surface area contributed by atoms with Crippen LogP contribution >= 0.6 is 0 Å². The number of imide groups is 1. The molecular weight excluding hydrogens is 1570 g/mol. The number of hydroxylamine groups is 2.